The zero-order valence-electron chi connectivity index (χ0n) is 10.5. The number of nitrogens with two attached hydrogens (primary N) is 1. The lowest BCUT2D eigenvalue weighted by molar-refractivity contribution is -0.121. The third kappa shape index (κ3) is 4.06. The van der Waals surface area contributed by atoms with E-state index in [9.17, 15) is 9.18 Å². The van der Waals surface area contributed by atoms with Crippen LogP contribution in [0.15, 0.2) is 18.2 Å². The van der Waals surface area contributed by atoms with Crippen molar-refractivity contribution in [2.45, 2.75) is 37.8 Å². The number of amides is 1. The van der Waals surface area contributed by atoms with Crippen LogP contribution in [0.2, 0.25) is 5.02 Å². The lowest BCUT2D eigenvalue weighted by Crippen LogP contribution is -2.31. The van der Waals surface area contributed by atoms with Crippen molar-refractivity contribution in [3.05, 3.63) is 34.6 Å². The molecule has 3 atom stereocenters. The van der Waals surface area contributed by atoms with Gasteiger partial charge in [0.25, 0.3) is 0 Å². The van der Waals surface area contributed by atoms with Crippen LogP contribution in [0.4, 0.5) is 4.39 Å². The van der Waals surface area contributed by atoms with Gasteiger partial charge in [-0.3, -0.25) is 4.79 Å². The summed E-state index contributed by atoms with van der Waals surface area (Å²) < 4.78 is 13.6. The second-order valence-corrected chi connectivity index (χ2v) is 5.24. The largest absolute Gasteiger partial charge is 0.353 e. The maximum Gasteiger partial charge on any atom is 0.221 e. The molecule has 2 rings (SSSR count). The fourth-order valence-corrected chi connectivity index (χ4v) is 2.40. The van der Waals surface area contributed by atoms with Crippen molar-refractivity contribution in [2.75, 3.05) is 0 Å². The predicted molar refractivity (Wildman–Crippen MR) is 76.2 cm³/mol. The van der Waals surface area contributed by atoms with Crippen molar-refractivity contribution in [1.29, 1.82) is 0 Å². The van der Waals surface area contributed by atoms with Gasteiger partial charge in [-0.15, -0.1) is 12.4 Å². The Kier molecular flexibility index (Phi) is 5.59. The van der Waals surface area contributed by atoms with E-state index in [0.717, 1.165) is 6.42 Å². The van der Waals surface area contributed by atoms with Crippen LogP contribution in [-0.2, 0) is 4.79 Å². The molecule has 3 N–H and O–H groups in total. The fraction of sp³-hybridized carbons (Fsp3) is 0.462. The van der Waals surface area contributed by atoms with E-state index in [-0.39, 0.29) is 48.6 Å². The summed E-state index contributed by atoms with van der Waals surface area (Å²) in [7, 11) is 0. The second kappa shape index (κ2) is 6.55. The Labute approximate surface area is 123 Å². The first-order valence-corrected chi connectivity index (χ1v) is 6.35. The molecule has 19 heavy (non-hydrogen) atoms. The van der Waals surface area contributed by atoms with E-state index < -0.39 is 0 Å². The van der Waals surface area contributed by atoms with E-state index in [0.29, 0.717) is 10.6 Å². The van der Waals surface area contributed by atoms with Crippen LogP contribution in [0, 0.1) is 5.82 Å². The molecule has 1 aromatic rings. The van der Waals surface area contributed by atoms with Crippen molar-refractivity contribution < 1.29 is 9.18 Å². The summed E-state index contributed by atoms with van der Waals surface area (Å²) >= 11 is 5.98. The molecule has 1 aliphatic carbocycles. The molecule has 1 aromatic carbocycles. The molecule has 106 valence electrons. The standard InChI is InChI=1S/C13H16ClFN2O.ClH/c1-7(16)5-12(18)17-11-6-8(11)13-9(14)3-2-4-10(13)15;/h2-4,7-8,11H,5-6,16H2,1H3,(H,17,18);1H. The Morgan fingerprint density at radius 1 is 1.63 bits per heavy atom. The normalized spacial score (nSPS) is 22.3. The van der Waals surface area contributed by atoms with E-state index in [4.69, 9.17) is 17.3 Å². The summed E-state index contributed by atoms with van der Waals surface area (Å²) in [4.78, 5) is 11.5. The number of carbonyl (C=O) groups is 1. The molecule has 1 amide bonds. The number of carbonyl (C=O) groups excluding carboxylic acids is 1. The molecule has 6 heteroatoms. The van der Waals surface area contributed by atoms with Gasteiger partial charge in [0.1, 0.15) is 5.82 Å². The highest BCUT2D eigenvalue weighted by Gasteiger charge is 2.42. The quantitative estimate of drug-likeness (QED) is 0.898. The molecule has 0 heterocycles. The summed E-state index contributed by atoms with van der Waals surface area (Å²) in [5.41, 5.74) is 6.05. The average molecular weight is 307 g/mol. The van der Waals surface area contributed by atoms with Gasteiger partial charge in [0, 0.05) is 35.0 Å². The molecular formula is C13H17Cl2FN2O. The second-order valence-electron chi connectivity index (χ2n) is 4.83. The molecule has 0 saturated heterocycles. The maximum atomic E-state index is 13.6. The summed E-state index contributed by atoms with van der Waals surface area (Å²) in [6, 6.07) is 4.44. The number of halogens is 3. The molecule has 1 saturated carbocycles. The van der Waals surface area contributed by atoms with Gasteiger partial charge < -0.3 is 11.1 Å². The lowest BCUT2D eigenvalue weighted by atomic mass is 10.1. The van der Waals surface area contributed by atoms with E-state index in [2.05, 4.69) is 5.32 Å². The van der Waals surface area contributed by atoms with Gasteiger partial charge in [0.05, 0.1) is 0 Å². The van der Waals surface area contributed by atoms with Gasteiger partial charge in [-0.2, -0.15) is 0 Å². The van der Waals surface area contributed by atoms with Crippen molar-refractivity contribution in [3.8, 4) is 0 Å². The molecule has 3 nitrogen and oxygen atoms in total. The van der Waals surface area contributed by atoms with Crippen molar-refractivity contribution in [3.63, 3.8) is 0 Å². The van der Waals surface area contributed by atoms with Crippen LogP contribution in [0.3, 0.4) is 0 Å². The summed E-state index contributed by atoms with van der Waals surface area (Å²) in [6.07, 6.45) is 1.01. The molecule has 0 spiro atoms. The first kappa shape index (κ1) is 16.2. The monoisotopic (exact) mass is 306 g/mol. The van der Waals surface area contributed by atoms with Crippen LogP contribution >= 0.6 is 24.0 Å². The zero-order chi connectivity index (χ0) is 13.3. The van der Waals surface area contributed by atoms with Gasteiger partial charge in [-0.25, -0.2) is 4.39 Å². The first-order chi connectivity index (χ1) is 8.49. The fourth-order valence-electron chi connectivity index (χ4n) is 2.10. The van der Waals surface area contributed by atoms with E-state index >= 15 is 0 Å². The SMILES string of the molecule is CC(N)CC(=O)NC1CC1c1c(F)cccc1Cl.Cl. The molecular weight excluding hydrogens is 290 g/mol. The molecule has 1 aliphatic rings. The molecule has 0 aliphatic heterocycles. The zero-order valence-corrected chi connectivity index (χ0v) is 12.1. The van der Waals surface area contributed by atoms with Crippen molar-refractivity contribution >= 4 is 29.9 Å². The molecule has 3 unspecified atom stereocenters. The Morgan fingerprint density at radius 3 is 2.89 bits per heavy atom. The lowest BCUT2D eigenvalue weighted by Gasteiger charge is -2.08. The predicted octanol–water partition coefficient (Wildman–Crippen LogP) is 2.61. The van der Waals surface area contributed by atoms with Crippen molar-refractivity contribution in [1.82, 2.24) is 5.32 Å². The van der Waals surface area contributed by atoms with E-state index in [1.807, 2.05) is 0 Å². The number of nitrogens with one attached hydrogen (secondary N) is 1. The summed E-state index contributed by atoms with van der Waals surface area (Å²) in [5.74, 6) is -0.419. The minimum atomic E-state index is -0.309. The van der Waals surface area contributed by atoms with E-state index in [1.54, 1.807) is 19.1 Å². The van der Waals surface area contributed by atoms with Gasteiger partial charge in [-0.1, -0.05) is 17.7 Å². The highest BCUT2D eigenvalue weighted by atomic mass is 35.5. The number of benzene rings is 1. The minimum Gasteiger partial charge on any atom is -0.353 e. The van der Waals surface area contributed by atoms with Gasteiger partial charge >= 0.3 is 0 Å². The van der Waals surface area contributed by atoms with Gasteiger partial charge in [-0.05, 0) is 25.5 Å². The highest BCUT2D eigenvalue weighted by molar-refractivity contribution is 6.31. The molecule has 0 aromatic heterocycles. The maximum absolute atomic E-state index is 13.6. The Morgan fingerprint density at radius 2 is 2.32 bits per heavy atom. The minimum absolute atomic E-state index is 0. The third-order valence-corrected chi connectivity index (χ3v) is 3.34. The molecule has 0 bridgehead atoms. The van der Waals surface area contributed by atoms with Gasteiger partial charge in [0.2, 0.25) is 5.91 Å². The number of rotatable bonds is 4. The van der Waals surface area contributed by atoms with Crippen LogP contribution in [0.25, 0.3) is 0 Å². The molecule has 0 radical (unpaired) electrons. The Bertz CT molecular complexity index is 448. The van der Waals surface area contributed by atoms with E-state index in [1.165, 1.54) is 6.07 Å². The van der Waals surface area contributed by atoms with Crippen LogP contribution in [0.5, 0.6) is 0 Å². The number of hydrogen-bond donors (Lipinski definition) is 2. The highest BCUT2D eigenvalue weighted by Crippen LogP contribution is 2.44. The summed E-state index contributed by atoms with van der Waals surface area (Å²) in [6.45, 7) is 1.78. The Balaban J connectivity index is 0.00000180. The first-order valence-electron chi connectivity index (χ1n) is 5.98. The topological polar surface area (TPSA) is 55.1 Å². The molecule has 1 fully saturated rings. The van der Waals surface area contributed by atoms with Crippen molar-refractivity contribution in [2.24, 2.45) is 5.73 Å². The van der Waals surface area contributed by atoms with Crippen LogP contribution in [0.1, 0.15) is 31.2 Å². The Hall–Kier alpha value is -0.840. The third-order valence-electron chi connectivity index (χ3n) is 3.01. The van der Waals surface area contributed by atoms with Gasteiger partial charge in [0.15, 0.2) is 0 Å². The van der Waals surface area contributed by atoms with Crippen LogP contribution < -0.4 is 11.1 Å². The smallest absolute Gasteiger partial charge is 0.221 e. The number of hydrogen-bond acceptors (Lipinski definition) is 2. The summed E-state index contributed by atoms with van der Waals surface area (Å²) in [5, 5.41) is 3.26. The average Bonchev–Trinajstić information content (AvgIpc) is 2.95. The van der Waals surface area contributed by atoms with Crippen LogP contribution in [-0.4, -0.2) is 18.0 Å².